The maximum Gasteiger partial charge on any atom is 0.226 e. The fraction of sp³-hybridized carbons (Fsp3) is 0.417. The van der Waals surface area contributed by atoms with Crippen LogP contribution in [0.2, 0.25) is 0 Å². The van der Waals surface area contributed by atoms with Crippen LogP contribution in [0.1, 0.15) is 49.4 Å². The van der Waals surface area contributed by atoms with Crippen LogP contribution in [-0.4, -0.2) is 21.3 Å². The second-order valence-electron chi connectivity index (χ2n) is 8.42. The summed E-state index contributed by atoms with van der Waals surface area (Å²) in [5.41, 5.74) is 4.88. The number of hydrogen-bond acceptors (Lipinski definition) is 2. The van der Waals surface area contributed by atoms with Crippen molar-refractivity contribution in [1.29, 1.82) is 0 Å². The number of halogens is 1. The van der Waals surface area contributed by atoms with Gasteiger partial charge in [0.2, 0.25) is 5.91 Å². The minimum Gasteiger partial charge on any atom is -0.353 e. The van der Waals surface area contributed by atoms with Crippen LogP contribution in [0.15, 0.2) is 36.5 Å². The van der Waals surface area contributed by atoms with E-state index in [4.69, 9.17) is 4.98 Å². The number of pyridine rings is 1. The first-order chi connectivity index (χ1) is 13.9. The van der Waals surface area contributed by atoms with Crippen molar-refractivity contribution in [1.82, 2.24) is 14.7 Å². The van der Waals surface area contributed by atoms with E-state index in [1.807, 2.05) is 29.7 Å². The molecule has 0 bridgehead atoms. The predicted octanol–water partition coefficient (Wildman–Crippen LogP) is 4.99. The van der Waals surface area contributed by atoms with E-state index < -0.39 is 0 Å². The zero-order chi connectivity index (χ0) is 20.5. The van der Waals surface area contributed by atoms with E-state index in [2.05, 4.69) is 12.2 Å². The van der Waals surface area contributed by atoms with E-state index in [1.54, 1.807) is 19.1 Å². The van der Waals surface area contributed by atoms with Crippen molar-refractivity contribution < 1.29 is 9.18 Å². The number of benzene rings is 1. The van der Waals surface area contributed by atoms with E-state index in [-0.39, 0.29) is 24.2 Å². The Labute approximate surface area is 171 Å². The SMILES string of the molecule is Cc1ccc2nc(-c3ccc(F)c(C)c3)c(CC(=O)NC3CCCCC3C)n2c1. The molecule has 2 atom stereocenters. The number of nitrogens with one attached hydrogen (secondary N) is 1. The van der Waals surface area contributed by atoms with Gasteiger partial charge in [0.05, 0.1) is 17.8 Å². The van der Waals surface area contributed by atoms with Crippen LogP contribution in [-0.2, 0) is 11.2 Å². The zero-order valence-corrected chi connectivity index (χ0v) is 17.3. The molecule has 152 valence electrons. The minimum atomic E-state index is -0.237. The Morgan fingerprint density at radius 1 is 1.21 bits per heavy atom. The monoisotopic (exact) mass is 393 g/mol. The highest BCUT2D eigenvalue weighted by atomic mass is 19.1. The van der Waals surface area contributed by atoms with Crippen molar-refractivity contribution in [2.75, 3.05) is 0 Å². The summed E-state index contributed by atoms with van der Waals surface area (Å²) in [7, 11) is 0. The molecule has 1 amide bonds. The molecule has 29 heavy (non-hydrogen) atoms. The molecule has 4 rings (SSSR count). The summed E-state index contributed by atoms with van der Waals surface area (Å²) in [6, 6.07) is 9.22. The number of fused-ring (bicyclic) bond motifs is 1. The quantitative estimate of drug-likeness (QED) is 0.678. The van der Waals surface area contributed by atoms with E-state index in [1.165, 1.54) is 25.3 Å². The number of aromatic nitrogens is 2. The fourth-order valence-electron chi connectivity index (χ4n) is 4.33. The number of nitrogens with zero attached hydrogens (tertiary/aromatic N) is 2. The number of amides is 1. The number of rotatable bonds is 4. The predicted molar refractivity (Wildman–Crippen MR) is 113 cm³/mol. The van der Waals surface area contributed by atoms with E-state index in [9.17, 15) is 9.18 Å². The van der Waals surface area contributed by atoms with Crippen LogP contribution in [0.3, 0.4) is 0 Å². The molecule has 1 aliphatic rings. The summed E-state index contributed by atoms with van der Waals surface area (Å²) < 4.78 is 15.8. The van der Waals surface area contributed by atoms with Crippen molar-refractivity contribution in [2.45, 2.75) is 58.9 Å². The molecule has 5 heteroatoms. The second-order valence-corrected chi connectivity index (χ2v) is 8.42. The van der Waals surface area contributed by atoms with Gasteiger partial charge in [0.1, 0.15) is 11.5 Å². The van der Waals surface area contributed by atoms with Gasteiger partial charge in [-0.3, -0.25) is 4.79 Å². The van der Waals surface area contributed by atoms with Crippen molar-refractivity contribution in [3.63, 3.8) is 0 Å². The number of hydrogen-bond donors (Lipinski definition) is 1. The van der Waals surface area contributed by atoms with Crippen LogP contribution in [0.25, 0.3) is 16.9 Å². The number of carbonyl (C=O) groups is 1. The Hall–Kier alpha value is -2.69. The normalized spacial score (nSPS) is 19.4. The van der Waals surface area contributed by atoms with Gasteiger partial charge in [-0.25, -0.2) is 9.37 Å². The lowest BCUT2D eigenvalue weighted by atomic mass is 9.86. The largest absolute Gasteiger partial charge is 0.353 e. The third kappa shape index (κ3) is 4.04. The van der Waals surface area contributed by atoms with Crippen molar-refractivity contribution >= 4 is 11.6 Å². The van der Waals surface area contributed by atoms with Crippen molar-refractivity contribution in [3.8, 4) is 11.3 Å². The molecule has 1 fully saturated rings. The highest BCUT2D eigenvalue weighted by Crippen LogP contribution is 2.28. The molecule has 0 aliphatic heterocycles. The maximum atomic E-state index is 13.8. The summed E-state index contributed by atoms with van der Waals surface area (Å²) in [5.74, 6) is 0.294. The Bertz CT molecular complexity index is 1060. The van der Waals surface area contributed by atoms with Gasteiger partial charge in [-0.1, -0.05) is 25.8 Å². The lowest BCUT2D eigenvalue weighted by Gasteiger charge is -2.29. The highest BCUT2D eigenvalue weighted by molar-refractivity contribution is 5.82. The van der Waals surface area contributed by atoms with Crippen molar-refractivity contribution in [3.05, 3.63) is 59.2 Å². The molecular formula is C24H28FN3O. The third-order valence-electron chi connectivity index (χ3n) is 6.08. The minimum absolute atomic E-state index is 0.0205. The molecule has 1 N–H and O–H groups in total. The molecule has 3 aromatic rings. The van der Waals surface area contributed by atoms with Gasteiger partial charge in [-0.15, -0.1) is 0 Å². The van der Waals surface area contributed by atoms with Gasteiger partial charge in [-0.05, 0) is 68.0 Å². The summed E-state index contributed by atoms with van der Waals surface area (Å²) in [5, 5.41) is 3.25. The lowest BCUT2D eigenvalue weighted by molar-refractivity contribution is -0.121. The number of carbonyl (C=O) groups excluding carboxylic acids is 1. The number of imidazole rings is 1. The zero-order valence-electron chi connectivity index (χ0n) is 17.3. The maximum absolute atomic E-state index is 13.8. The van der Waals surface area contributed by atoms with Crippen LogP contribution in [0.4, 0.5) is 4.39 Å². The van der Waals surface area contributed by atoms with E-state index >= 15 is 0 Å². The van der Waals surface area contributed by atoms with Crippen LogP contribution in [0.5, 0.6) is 0 Å². The average molecular weight is 394 g/mol. The number of aryl methyl sites for hydroxylation is 2. The van der Waals surface area contributed by atoms with Gasteiger partial charge in [0.15, 0.2) is 0 Å². The van der Waals surface area contributed by atoms with Gasteiger partial charge < -0.3 is 9.72 Å². The van der Waals surface area contributed by atoms with Crippen LogP contribution in [0, 0.1) is 25.6 Å². The first-order valence-electron chi connectivity index (χ1n) is 10.5. The van der Waals surface area contributed by atoms with Gasteiger partial charge >= 0.3 is 0 Å². The molecule has 4 nitrogen and oxygen atoms in total. The van der Waals surface area contributed by atoms with Gasteiger partial charge in [0.25, 0.3) is 0 Å². The second kappa shape index (κ2) is 7.97. The Morgan fingerprint density at radius 2 is 2.00 bits per heavy atom. The Balaban J connectivity index is 1.70. The molecule has 1 aromatic carbocycles. The molecule has 2 aromatic heterocycles. The molecule has 1 aliphatic carbocycles. The molecule has 0 saturated heterocycles. The highest BCUT2D eigenvalue weighted by Gasteiger charge is 2.24. The van der Waals surface area contributed by atoms with Gasteiger partial charge in [0, 0.05) is 17.8 Å². The third-order valence-corrected chi connectivity index (χ3v) is 6.08. The first-order valence-corrected chi connectivity index (χ1v) is 10.5. The summed E-state index contributed by atoms with van der Waals surface area (Å²) in [4.78, 5) is 17.7. The van der Waals surface area contributed by atoms with Crippen LogP contribution < -0.4 is 5.32 Å². The van der Waals surface area contributed by atoms with E-state index in [0.717, 1.165) is 34.6 Å². The summed E-state index contributed by atoms with van der Waals surface area (Å²) in [6.07, 6.45) is 6.88. The lowest BCUT2D eigenvalue weighted by Crippen LogP contribution is -2.41. The first kappa shape index (κ1) is 19.6. The molecule has 2 heterocycles. The molecule has 0 radical (unpaired) electrons. The van der Waals surface area contributed by atoms with Gasteiger partial charge in [-0.2, -0.15) is 0 Å². The van der Waals surface area contributed by atoms with E-state index in [0.29, 0.717) is 11.5 Å². The topological polar surface area (TPSA) is 46.4 Å². The smallest absolute Gasteiger partial charge is 0.226 e. The van der Waals surface area contributed by atoms with Crippen molar-refractivity contribution in [2.24, 2.45) is 5.92 Å². The Morgan fingerprint density at radius 3 is 2.76 bits per heavy atom. The molecule has 2 unspecified atom stereocenters. The molecular weight excluding hydrogens is 365 g/mol. The standard InChI is InChI=1S/C24H28FN3O/c1-15-8-11-22-27-24(18-9-10-19(25)17(3)12-18)21(28(22)14-15)13-23(29)26-20-7-5-4-6-16(20)2/h8-12,14,16,20H,4-7,13H2,1-3H3,(H,26,29). The summed E-state index contributed by atoms with van der Waals surface area (Å²) >= 11 is 0. The summed E-state index contributed by atoms with van der Waals surface area (Å²) in [6.45, 7) is 5.98. The van der Waals surface area contributed by atoms with Crippen LogP contribution >= 0.6 is 0 Å². The Kier molecular flexibility index (Phi) is 5.39. The average Bonchev–Trinajstić information content (AvgIpc) is 3.03. The molecule has 0 spiro atoms. The fourth-order valence-corrected chi connectivity index (χ4v) is 4.33. The molecule has 1 saturated carbocycles.